The van der Waals surface area contributed by atoms with Crippen LogP contribution in [0.1, 0.15) is 36.3 Å². The molecule has 1 aliphatic heterocycles. The Balaban J connectivity index is 1.95. The molecule has 1 aromatic heterocycles. The number of Topliss-reactive ketones (excluding diaryl/α,β-unsaturated/α-hetero) is 1. The van der Waals surface area contributed by atoms with Crippen molar-refractivity contribution in [2.75, 3.05) is 18.2 Å². The summed E-state index contributed by atoms with van der Waals surface area (Å²) in [5.74, 6) is 0.845. The number of ether oxygens (including phenoxy) is 1. The van der Waals surface area contributed by atoms with E-state index in [1.807, 2.05) is 22.6 Å². The highest BCUT2D eigenvalue weighted by Gasteiger charge is 2.38. The summed E-state index contributed by atoms with van der Waals surface area (Å²) in [7, 11) is 1.47. The largest absolute Gasteiger partial charge is 0.504 e. The van der Waals surface area contributed by atoms with Gasteiger partial charge in [0.05, 0.1) is 16.2 Å². The number of carbonyl (C=O) groups excluding carboxylic acids is 1. The number of hydrogen-bond acceptors (Lipinski definition) is 7. The zero-order chi connectivity index (χ0) is 21.4. The van der Waals surface area contributed by atoms with Gasteiger partial charge in [-0.05, 0) is 53.1 Å². The third-order valence-corrected chi connectivity index (χ3v) is 6.87. The molecule has 0 radical (unpaired) electrons. The van der Waals surface area contributed by atoms with Gasteiger partial charge in [0.2, 0.25) is 0 Å². The number of nitrogens with zero attached hydrogens (tertiary/aromatic N) is 1. The summed E-state index contributed by atoms with van der Waals surface area (Å²) in [6.07, 6.45) is 3.65. The molecule has 0 fully saturated rings. The van der Waals surface area contributed by atoms with Crippen molar-refractivity contribution in [3.8, 4) is 11.5 Å². The number of hydrogen-bond donors (Lipinski definition) is 3. The molecule has 7 nitrogen and oxygen atoms in total. The average Bonchev–Trinajstić information content (AvgIpc) is 2.72. The number of fused-ring (bicyclic) bond motifs is 1. The zero-order valence-corrected chi connectivity index (χ0v) is 19.2. The molecule has 1 unspecified atom stereocenters. The van der Waals surface area contributed by atoms with Crippen LogP contribution in [0.5, 0.6) is 11.5 Å². The Morgan fingerprint density at radius 3 is 2.93 bits per heavy atom. The van der Waals surface area contributed by atoms with Crippen molar-refractivity contribution in [2.24, 2.45) is 0 Å². The molecule has 1 atom stereocenters. The number of aromatic hydroxyl groups is 1. The SMILES string of the molecule is C=CCSc1nc2c(c(=O)[nH]1)C(c1cc(I)c(O)c(OC)c1)C1=C(CCCC1=O)N2. The van der Waals surface area contributed by atoms with Gasteiger partial charge >= 0.3 is 0 Å². The van der Waals surface area contributed by atoms with Gasteiger partial charge in [0.25, 0.3) is 5.56 Å². The molecular formula is C21H20IN3O4S. The summed E-state index contributed by atoms with van der Waals surface area (Å²) < 4.78 is 5.89. The molecule has 0 saturated carbocycles. The van der Waals surface area contributed by atoms with Crippen molar-refractivity contribution in [1.82, 2.24) is 9.97 Å². The molecule has 3 N–H and O–H groups in total. The first kappa shape index (κ1) is 21.0. The third kappa shape index (κ3) is 3.64. The van der Waals surface area contributed by atoms with E-state index in [0.29, 0.717) is 55.6 Å². The fourth-order valence-corrected chi connectivity index (χ4v) is 5.12. The van der Waals surface area contributed by atoms with E-state index in [-0.39, 0.29) is 17.1 Å². The Morgan fingerprint density at radius 1 is 1.40 bits per heavy atom. The molecule has 0 bridgehead atoms. The maximum atomic E-state index is 13.1. The first-order chi connectivity index (χ1) is 14.4. The molecule has 30 heavy (non-hydrogen) atoms. The molecule has 0 spiro atoms. The van der Waals surface area contributed by atoms with Crippen LogP contribution < -0.4 is 15.6 Å². The van der Waals surface area contributed by atoms with Gasteiger partial charge in [0.15, 0.2) is 22.4 Å². The highest BCUT2D eigenvalue weighted by molar-refractivity contribution is 14.1. The van der Waals surface area contributed by atoms with Crippen LogP contribution in [0.3, 0.4) is 0 Å². The summed E-state index contributed by atoms with van der Waals surface area (Å²) >= 11 is 3.40. The van der Waals surface area contributed by atoms with Crippen LogP contribution in [0.25, 0.3) is 0 Å². The second kappa shape index (κ2) is 8.46. The van der Waals surface area contributed by atoms with Crippen LogP contribution in [0, 0.1) is 3.57 Å². The number of carbonyl (C=O) groups is 1. The molecule has 0 amide bonds. The predicted molar refractivity (Wildman–Crippen MR) is 125 cm³/mol. The summed E-state index contributed by atoms with van der Waals surface area (Å²) in [6, 6.07) is 3.47. The van der Waals surface area contributed by atoms with Crippen molar-refractivity contribution < 1.29 is 14.6 Å². The van der Waals surface area contributed by atoms with Crippen molar-refractivity contribution in [3.05, 3.63) is 61.1 Å². The number of aromatic amines is 1. The van der Waals surface area contributed by atoms with Gasteiger partial charge in [-0.3, -0.25) is 9.59 Å². The first-order valence-electron chi connectivity index (χ1n) is 9.42. The maximum Gasteiger partial charge on any atom is 0.257 e. The number of allylic oxidation sites excluding steroid dienone is 2. The van der Waals surface area contributed by atoms with E-state index in [9.17, 15) is 14.7 Å². The van der Waals surface area contributed by atoms with Crippen LogP contribution in [0.15, 0.2) is 46.0 Å². The van der Waals surface area contributed by atoms with Gasteiger partial charge in [-0.25, -0.2) is 4.98 Å². The van der Waals surface area contributed by atoms with E-state index in [4.69, 9.17) is 4.74 Å². The monoisotopic (exact) mass is 537 g/mol. The molecule has 2 heterocycles. The van der Waals surface area contributed by atoms with Crippen LogP contribution in [0.4, 0.5) is 5.82 Å². The second-order valence-electron chi connectivity index (χ2n) is 7.01. The lowest BCUT2D eigenvalue weighted by Gasteiger charge is -2.33. The Bertz CT molecular complexity index is 1140. The number of thioether (sulfide) groups is 1. The van der Waals surface area contributed by atoms with Crippen molar-refractivity contribution in [3.63, 3.8) is 0 Å². The number of phenols is 1. The Morgan fingerprint density at radius 2 is 2.20 bits per heavy atom. The number of nitrogens with one attached hydrogen (secondary N) is 2. The summed E-state index contributed by atoms with van der Waals surface area (Å²) in [5.41, 5.74) is 2.21. The van der Waals surface area contributed by atoms with E-state index in [1.54, 1.807) is 18.2 Å². The number of H-pyrrole nitrogens is 1. The minimum Gasteiger partial charge on any atom is -0.504 e. The number of benzene rings is 1. The second-order valence-corrected chi connectivity index (χ2v) is 9.18. The smallest absolute Gasteiger partial charge is 0.257 e. The van der Waals surface area contributed by atoms with E-state index in [0.717, 1.165) is 12.1 Å². The quantitative estimate of drug-likeness (QED) is 0.230. The lowest BCUT2D eigenvalue weighted by Crippen LogP contribution is -2.32. The lowest BCUT2D eigenvalue weighted by molar-refractivity contribution is -0.116. The molecule has 156 valence electrons. The number of aromatic nitrogens is 2. The normalized spacial score (nSPS) is 17.8. The van der Waals surface area contributed by atoms with Gasteiger partial charge in [-0.1, -0.05) is 17.8 Å². The van der Waals surface area contributed by atoms with E-state index < -0.39 is 5.92 Å². The number of halogens is 1. The van der Waals surface area contributed by atoms with Gasteiger partial charge in [0.1, 0.15) is 5.82 Å². The zero-order valence-electron chi connectivity index (χ0n) is 16.3. The van der Waals surface area contributed by atoms with Gasteiger partial charge in [-0.2, -0.15) is 0 Å². The predicted octanol–water partition coefficient (Wildman–Crippen LogP) is 3.93. The number of rotatable bonds is 5. The molecular weight excluding hydrogens is 517 g/mol. The Hall–Kier alpha value is -2.27. The standard InChI is InChI=1S/C21H20IN3O4S/c1-3-7-30-21-24-19-17(20(28)25-21)15(16-12(23-19)5-4-6-13(16)26)10-8-11(22)18(27)14(9-10)29-2/h3,8-9,15,27H,1,4-7H2,2H3,(H2,23,24,25,28). The minimum atomic E-state index is -0.582. The molecule has 2 aromatic rings. The highest BCUT2D eigenvalue weighted by atomic mass is 127. The van der Waals surface area contributed by atoms with E-state index in [2.05, 4.69) is 21.9 Å². The third-order valence-electron chi connectivity index (χ3n) is 5.18. The Kier molecular flexibility index (Phi) is 5.92. The van der Waals surface area contributed by atoms with Gasteiger partial charge in [0, 0.05) is 29.4 Å². The van der Waals surface area contributed by atoms with Crippen molar-refractivity contribution >= 4 is 46.0 Å². The van der Waals surface area contributed by atoms with Crippen molar-refractivity contribution in [2.45, 2.75) is 30.3 Å². The summed E-state index contributed by atoms with van der Waals surface area (Å²) in [4.78, 5) is 33.5. The molecule has 1 aromatic carbocycles. The summed E-state index contributed by atoms with van der Waals surface area (Å²) in [5, 5.41) is 14.0. The number of phenolic OH excluding ortho intramolecular Hbond substituents is 1. The lowest BCUT2D eigenvalue weighted by atomic mass is 9.76. The summed E-state index contributed by atoms with van der Waals surface area (Å²) in [6.45, 7) is 3.70. The van der Waals surface area contributed by atoms with E-state index in [1.165, 1.54) is 18.9 Å². The van der Waals surface area contributed by atoms with Crippen LogP contribution >= 0.6 is 34.4 Å². The fraction of sp³-hybridized carbons (Fsp3) is 0.286. The average molecular weight is 537 g/mol. The molecule has 2 aliphatic rings. The van der Waals surface area contributed by atoms with Crippen molar-refractivity contribution in [1.29, 1.82) is 0 Å². The molecule has 9 heteroatoms. The number of ketones is 1. The first-order valence-corrected chi connectivity index (χ1v) is 11.5. The van der Waals surface area contributed by atoms with Crippen LogP contribution in [0.2, 0.25) is 0 Å². The Labute approximate surface area is 191 Å². The van der Waals surface area contributed by atoms with E-state index >= 15 is 0 Å². The molecule has 4 rings (SSSR count). The minimum absolute atomic E-state index is 0.0194. The van der Waals surface area contributed by atoms with Crippen LogP contribution in [-0.2, 0) is 4.79 Å². The maximum absolute atomic E-state index is 13.1. The highest BCUT2D eigenvalue weighted by Crippen LogP contribution is 2.46. The van der Waals surface area contributed by atoms with Crippen LogP contribution in [-0.4, -0.2) is 33.7 Å². The van der Waals surface area contributed by atoms with Gasteiger partial charge in [-0.15, -0.1) is 6.58 Å². The van der Waals surface area contributed by atoms with Gasteiger partial charge < -0.3 is 20.1 Å². The number of anilines is 1. The fourth-order valence-electron chi connectivity index (χ4n) is 3.90. The molecule has 0 saturated heterocycles. The number of methoxy groups -OCH3 is 1. The molecule has 1 aliphatic carbocycles. The topological polar surface area (TPSA) is 104 Å².